The SMILES string of the molecule is CCCN1CC2CC(c3ccc(NS(=O)(=O)c4ccc(N5CCC5)cc4)cc3)C2C1. The van der Waals surface area contributed by atoms with E-state index in [1.807, 2.05) is 24.3 Å². The van der Waals surface area contributed by atoms with Gasteiger partial charge in [-0.2, -0.15) is 0 Å². The van der Waals surface area contributed by atoms with E-state index in [4.69, 9.17) is 0 Å². The van der Waals surface area contributed by atoms with Crippen LogP contribution in [0.2, 0.25) is 0 Å². The highest BCUT2D eigenvalue weighted by molar-refractivity contribution is 7.92. The summed E-state index contributed by atoms with van der Waals surface area (Å²) >= 11 is 0. The second-order valence-electron chi connectivity index (χ2n) is 9.09. The summed E-state index contributed by atoms with van der Waals surface area (Å²) in [4.78, 5) is 5.16. The first-order valence-corrected chi connectivity index (χ1v) is 12.7. The molecule has 3 atom stereocenters. The third-order valence-electron chi connectivity index (χ3n) is 7.14. The topological polar surface area (TPSA) is 52.7 Å². The van der Waals surface area contributed by atoms with Crippen molar-refractivity contribution >= 4 is 21.4 Å². The lowest BCUT2D eigenvalue weighted by atomic mass is 9.64. The molecule has 2 aliphatic heterocycles. The normalized spacial score (nSPS) is 26.0. The van der Waals surface area contributed by atoms with Crippen molar-refractivity contribution < 1.29 is 8.42 Å². The molecule has 0 bridgehead atoms. The van der Waals surface area contributed by atoms with Crippen LogP contribution in [0.15, 0.2) is 53.4 Å². The summed E-state index contributed by atoms with van der Waals surface area (Å²) in [6, 6.07) is 15.2. The van der Waals surface area contributed by atoms with Crippen LogP contribution in [-0.2, 0) is 10.0 Å². The zero-order chi connectivity index (χ0) is 20.7. The van der Waals surface area contributed by atoms with Crippen LogP contribution < -0.4 is 9.62 Å². The summed E-state index contributed by atoms with van der Waals surface area (Å²) in [5, 5.41) is 0. The van der Waals surface area contributed by atoms with Crippen LogP contribution in [0, 0.1) is 11.8 Å². The molecule has 2 saturated heterocycles. The van der Waals surface area contributed by atoms with Gasteiger partial charge in [0, 0.05) is 37.6 Å². The minimum atomic E-state index is -3.57. The average molecular weight is 426 g/mol. The molecule has 0 spiro atoms. The fourth-order valence-electron chi connectivity index (χ4n) is 5.30. The summed E-state index contributed by atoms with van der Waals surface area (Å²) in [5.74, 6) is 2.24. The molecule has 3 aliphatic rings. The number of benzene rings is 2. The molecule has 1 aliphatic carbocycles. The van der Waals surface area contributed by atoms with E-state index in [1.54, 1.807) is 12.1 Å². The number of hydrogen-bond acceptors (Lipinski definition) is 4. The van der Waals surface area contributed by atoms with Crippen molar-refractivity contribution in [2.45, 2.75) is 37.0 Å². The standard InChI is InChI=1S/C24H31N3O2S/c1-2-12-26-16-19-15-23(24(19)17-26)18-4-6-20(7-5-18)25-30(28,29)22-10-8-21(9-11-22)27-13-3-14-27/h4-11,19,23-25H,2-3,12-17H2,1H3. The molecule has 160 valence electrons. The smallest absolute Gasteiger partial charge is 0.261 e. The molecule has 2 aromatic rings. The van der Waals surface area contributed by atoms with Gasteiger partial charge in [0.2, 0.25) is 0 Å². The molecule has 3 unspecified atom stereocenters. The third-order valence-corrected chi connectivity index (χ3v) is 8.54. The largest absolute Gasteiger partial charge is 0.371 e. The number of nitrogens with one attached hydrogen (secondary N) is 1. The highest BCUT2D eigenvalue weighted by atomic mass is 32.2. The fraction of sp³-hybridized carbons (Fsp3) is 0.500. The maximum absolute atomic E-state index is 12.8. The van der Waals surface area contributed by atoms with Gasteiger partial charge in [0.05, 0.1) is 4.90 Å². The summed E-state index contributed by atoms with van der Waals surface area (Å²) in [7, 11) is -3.57. The van der Waals surface area contributed by atoms with Gasteiger partial charge in [0.25, 0.3) is 10.0 Å². The molecule has 0 aromatic heterocycles. The van der Waals surface area contributed by atoms with Gasteiger partial charge in [-0.15, -0.1) is 0 Å². The van der Waals surface area contributed by atoms with Crippen molar-refractivity contribution in [1.82, 2.24) is 4.90 Å². The number of likely N-dealkylation sites (tertiary alicyclic amines) is 1. The Morgan fingerprint density at radius 2 is 1.73 bits per heavy atom. The van der Waals surface area contributed by atoms with E-state index in [2.05, 4.69) is 33.6 Å². The minimum absolute atomic E-state index is 0.305. The van der Waals surface area contributed by atoms with Crippen molar-refractivity contribution in [2.24, 2.45) is 11.8 Å². The Morgan fingerprint density at radius 3 is 2.37 bits per heavy atom. The molecule has 1 N–H and O–H groups in total. The second kappa shape index (κ2) is 7.89. The number of anilines is 2. The maximum atomic E-state index is 12.8. The van der Waals surface area contributed by atoms with Crippen LogP contribution in [0.25, 0.3) is 0 Å². The molecule has 6 heteroatoms. The molecular weight excluding hydrogens is 394 g/mol. The molecule has 0 amide bonds. The summed E-state index contributed by atoms with van der Waals surface area (Å²) in [6.07, 6.45) is 3.69. The van der Waals surface area contributed by atoms with Crippen molar-refractivity contribution in [3.05, 3.63) is 54.1 Å². The van der Waals surface area contributed by atoms with Crippen LogP contribution in [0.3, 0.4) is 0 Å². The van der Waals surface area contributed by atoms with Crippen LogP contribution in [0.1, 0.15) is 37.7 Å². The first-order chi connectivity index (χ1) is 14.5. The summed E-state index contributed by atoms with van der Waals surface area (Å²) in [6.45, 7) is 8.03. The first-order valence-electron chi connectivity index (χ1n) is 11.2. The van der Waals surface area contributed by atoms with Crippen molar-refractivity contribution in [3.63, 3.8) is 0 Å². The average Bonchev–Trinajstić information content (AvgIpc) is 2.99. The van der Waals surface area contributed by atoms with Gasteiger partial charge in [0.15, 0.2) is 0 Å². The minimum Gasteiger partial charge on any atom is -0.371 e. The van der Waals surface area contributed by atoms with Crippen molar-refractivity contribution in [3.8, 4) is 0 Å². The van der Waals surface area contributed by atoms with Crippen molar-refractivity contribution in [2.75, 3.05) is 42.3 Å². The van der Waals surface area contributed by atoms with E-state index in [1.165, 1.54) is 44.5 Å². The van der Waals surface area contributed by atoms with Gasteiger partial charge >= 0.3 is 0 Å². The van der Waals surface area contributed by atoms with E-state index < -0.39 is 10.0 Å². The highest BCUT2D eigenvalue weighted by Gasteiger charge is 2.46. The number of nitrogens with zero attached hydrogens (tertiary/aromatic N) is 2. The predicted molar refractivity (Wildman–Crippen MR) is 122 cm³/mol. The monoisotopic (exact) mass is 425 g/mol. The molecule has 2 heterocycles. The zero-order valence-electron chi connectivity index (χ0n) is 17.6. The predicted octanol–water partition coefficient (Wildman–Crippen LogP) is 4.14. The van der Waals surface area contributed by atoms with E-state index in [9.17, 15) is 8.42 Å². The number of rotatable bonds is 7. The lowest BCUT2D eigenvalue weighted by Crippen LogP contribution is -2.36. The molecule has 1 saturated carbocycles. The summed E-state index contributed by atoms with van der Waals surface area (Å²) < 4.78 is 28.3. The third kappa shape index (κ3) is 3.71. The van der Waals surface area contributed by atoms with E-state index >= 15 is 0 Å². The quantitative estimate of drug-likeness (QED) is 0.724. The lowest BCUT2D eigenvalue weighted by molar-refractivity contribution is 0.191. The molecule has 5 rings (SSSR count). The van der Waals surface area contributed by atoms with Crippen LogP contribution in [-0.4, -0.2) is 46.0 Å². The Kier molecular flexibility index (Phi) is 5.23. The lowest BCUT2D eigenvalue weighted by Gasteiger charge is -2.40. The molecule has 5 nitrogen and oxygen atoms in total. The van der Waals surface area contributed by atoms with Gasteiger partial charge in [-0.05, 0) is 85.5 Å². The van der Waals surface area contributed by atoms with Crippen LogP contribution in [0.4, 0.5) is 11.4 Å². The molecule has 0 radical (unpaired) electrons. The van der Waals surface area contributed by atoms with Gasteiger partial charge in [-0.3, -0.25) is 4.72 Å². The van der Waals surface area contributed by atoms with E-state index in [0.29, 0.717) is 16.5 Å². The Bertz CT molecular complexity index is 984. The highest BCUT2D eigenvalue weighted by Crippen LogP contribution is 2.51. The Hall–Kier alpha value is -2.05. The molecular formula is C24H31N3O2S. The van der Waals surface area contributed by atoms with Gasteiger partial charge < -0.3 is 9.80 Å². The first kappa shape index (κ1) is 19.9. The van der Waals surface area contributed by atoms with Crippen molar-refractivity contribution in [1.29, 1.82) is 0 Å². The van der Waals surface area contributed by atoms with Gasteiger partial charge in [0.1, 0.15) is 0 Å². The number of fused-ring (bicyclic) bond motifs is 1. The van der Waals surface area contributed by atoms with E-state index in [-0.39, 0.29) is 0 Å². The fourth-order valence-corrected chi connectivity index (χ4v) is 6.36. The molecule has 2 aromatic carbocycles. The molecule has 3 fully saturated rings. The zero-order valence-corrected chi connectivity index (χ0v) is 18.4. The van der Waals surface area contributed by atoms with Gasteiger partial charge in [-0.1, -0.05) is 19.1 Å². The Labute approximate surface area is 180 Å². The summed E-state index contributed by atoms with van der Waals surface area (Å²) in [5.41, 5.74) is 3.06. The maximum Gasteiger partial charge on any atom is 0.261 e. The number of sulfonamides is 1. The second-order valence-corrected chi connectivity index (χ2v) is 10.8. The number of hydrogen-bond donors (Lipinski definition) is 1. The Morgan fingerprint density at radius 1 is 1.00 bits per heavy atom. The van der Waals surface area contributed by atoms with Gasteiger partial charge in [-0.25, -0.2) is 8.42 Å². The van der Waals surface area contributed by atoms with Crippen LogP contribution in [0.5, 0.6) is 0 Å². The molecule has 30 heavy (non-hydrogen) atoms. The Balaban J connectivity index is 1.23. The van der Waals surface area contributed by atoms with E-state index in [0.717, 1.165) is 30.6 Å². The van der Waals surface area contributed by atoms with Crippen LogP contribution >= 0.6 is 0 Å².